The first-order chi connectivity index (χ1) is 8.12. The molecule has 1 amide bonds. The molecule has 0 spiro atoms. The van der Waals surface area contributed by atoms with Gasteiger partial charge in [-0.2, -0.15) is 0 Å². The topological polar surface area (TPSA) is 72.2 Å². The Morgan fingerprint density at radius 3 is 2.28 bits per heavy atom. The van der Waals surface area contributed by atoms with Crippen molar-refractivity contribution in [2.75, 3.05) is 5.32 Å². The second-order valence-electron chi connectivity index (χ2n) is 4.64. The maximum absolute atomic E-state index is 11.8. The predicted octanol–water partition coefficient (Wildman–Crippen LogP) is 3.32. The summed E-state index contributed by atoms with van der Waals surface area (Å²) < 4.78 is -0.778. The van der Waals surface area contributed by atoms with Gasteiger partial charge < -0.3 is 5.32 Å². The van der Waals surface area contributed by atoms with E-state index in [2.05, 4.69) is 21.2 Å². The number of anilines is 1. The highest BCUT2D eigenvalue weighted by atomic mass is 79.9. The summed E-state index contributed by atoms with van der Waals surface area (Å²) in [5, 5.41) is 13.5. The number of halogens is 1. The van der Waals surface area contributed by atoms with Crippen molar-refractivity contribution in [2.45, 2.75) is 32.0 Å². The van der Waals surface area contributed by atoms with E-state index < -0.39 is 9.25 Å². The van der Waals surface area contributed by atoms with Gasteiger partial charge in [0.1, 0.15) is 5.69 Å². The lowest BCUT2D eigenvalue weighted by molar-refractivity contribution is -0.384. The number of carbonyl (C=O) groups excluding carboxylic acids is 1. The summed E-state index contributed by atoms with van der Waals surface area (Å²) in [6.07, 6.45) is 0. The number of amides is 1. The molecule has 0 heterocycles. The van der Waals surface area contributed by atoms with E-state index in [1.807, 2.05) is 6.92 Å². The number of hydrogen-bond donors (Lipinski definition) is 1. The van der Waals surface area contributed by atoms with Crippen LogP contribution in [0.1, 0.15) is 25.0 Å². The van der Waals surface area contributed by atoms with E-state index in [1.54, 1.807) is 26.8 Å². The Kier molecular flexibility index (Phi) is 4.11. The number of nitro benzene ring substituents is 1. The maximum Gasteiger partial charge on any atom is 0.293 e. The highest BCUT2D eigenvalue weighted by Crippen LogP contribution is 2.29. The number of alkyl halides is 1. The quantitative estimate of drug-likeness (QED) is 0.528. The zero-order chi connectivity index (χ0) is 14.1. The zero-order valence-corrected chi connectivity index (χ0v) is 12.3. The summed E-state index contributed by atoms with van der Waals surface area (Å²) in [4.78, 5) is 22.3. The van der Waals surface area contributed by atoms with E-state index in [9.17, 15) is 14.9 Å². The predicted molar refractivity (Wildman–Crippen MR) is 74.2 cm³/mol. The monoisotopic (exact) mass is 314 g/mol. The fourth-order valence-corrected chi connectivity index (χ4v) is 1.42. The molecule has 0 fully saturated rings. The lowest BCUT2D eigenvalue weighted by atomic mass is 10.1. The van der Waals surface area contributed by atoms with E-state index in [0.717, 1.165) is 11.1 Å². The van der Waals surface area contributed by atoms with Crippen LogP contribution in [0.25, 0.3) is 0 Å². The molecule has 0 saturated heterocycles. The normalized spacial score (nSPS) is 11.2. The first-order valence-corrected chi connectivity index (χ1v) is 6.18. The molecule has 0 radical (unpaired) electrons. The molecular formula is C12H15BrN2O3. The number of hydrogen-bond acceptors (Lipinski definition) is 3. The van der Waals surface area contributed by atoms with Crippen molar-refractivity contribution in [3.63, 3.8) is 0 Å². The van der Waals surface area contributed by atoms with Crippen LogP contribution in [0.4, 0.5) is 11.4 Å². The van der Waals surface area contributed by atoms with E-state index >= 15 is 0 Å². The van der Waals surface area contributed by atoms with Crippen LogP contribution in [-0.4, -0.2) is 15.2 Å². The standard InChI is InChI=1S/C12H15BrN2O3/c1-7-5-9(14-11(16)12(3,4)13)10(15(17)18)6-8(7)2/h5-6H,1-4H3,(H,14,16). The van der Waals surface area contributed by atoms with Gasteiger partial charge in [-0.25, -0.2) is 0 Å². The minimum absolute atomic E-state index is 0.0943. The van der Waals surface area contributed by atoms with Gasteiger partial charge in [-0.05, 0) is 44.9 Å². The lowest BCUT2D eigenvalue weighted by Gasteiger charge is -2.16. The molecule has 0 atom stereocenters. The number of rotatable bonds is 3. The highest BCUT2D eigenvalue weighted by molar-refractivity contribution is 9.10. The first-order valence-electron chi connectivity index (χ1n) is 5.39. The van der Waals surface area contributed by atoms with Crippen LogP contribution < -0.4 is 5.32 Å². The average Bonchev–Trinajstić information content (AvgIpc) is 2.21. The van der Waals surface area contributed by atoms with Crippen LogP contribution >= 0.6 is 15.9 Å². The van der Waals surface area contributed by atoms with Gasteiger partial charge in [0.05, 0.1) is 9.25 Å². The van der Waals surface area contributed by atoms with E-state index in [-0.39, 0.29) is 17.3 Å². The van der Waals surface area contributed by atoms with E-state index in [1.165, 1.54) is 6.07 Å². The van der Waals surface area contributed by atoms with Gasteiger partial charge in [-0.15, -0.1) is 0 Å². The van der Waals surface area contributed by atoms with Crippen molar-refractivity contribution in [1.29, 1.82) is 0 Å². The number of benzene rings is 1. The number of nitro groups is 1. The molecule has 0 aliphatic carbocycles. The molecule has 1 rings (SSSR count). The fraction of sp³-hybridized carbons (Fsp3) is 0.417. The Labute approximate surface area is 114 Å². The third-order valence-electron chi connectivity index (χ3n) is 2.60. The fourth-order valence-electron chi connectivity index (χ4n) is 1.32. The Hall–Kier alpha value is -1.43. The molecule has 0 saturated carbocycles. The average molecular weight is 315 g/mol. The summed E-state index contributed by atoms with van der Waals surface area (Å²) in [6.45, 7) is 6.99. The van der Waals surface area contributed by atoms with Crippen molar-refractivity contribution in [2.24, 2.45) is 0 Å². The largest absolute Gasteiger partial charge is 0.319 e. The highest BCUT2D eigenvalue weighted by Gasteiger charge is 2.26. The maximum atomic E-state index is 11.8. The van der Waals surface area contributed by atoms with Gasteiger partial charge in [0, 0.05) is 6.07 Å². The van der Waals surface area contributed by atoms with Gasteiger partial charge in [0.25, 0.3) is 5.69 Å². The molecule has 1 aromatic rings. The van der Waals surface area contributed by atoms with Gasteiger partial charge in [0.15, 0.2) is 0 Å². The Morgan fingerprint density at radius 2 is 1.83 bits per heavy atom. The second kappa shape index (κ2) is 5.06. The van der Waals surface area contributed by atoms with Gasteiger partial charge in [-0.3, -0.25) is 14.9 Å². The number of nitrogens with zero attached hydrogens (tertiary/aromatic N) is 1. The molecule has 6 heteroatoms. The van der Waals surface area contributed by atoms with Crippen LogP contribution in [0.15, 0.2) is 12.1 Å². The zero-order valence-electron chi connectivity index (χ0n) is 10.7. The van der Waals surface area contributed by atoms with Gasteiger partial charge in [-0.1, -0.05) is 15.9 Å². The Morgan fingerprint density at radius 1 is 1.33 bits per heavy atom. The van der Waals surface area contributed by atoms with Crippen molar-refractivity contribution in [1.82, 2.24) is 0 Å². The summed E-state index contributed by atoms with van der Waals surface area (Å²) >= 11 is 3.21. The van der Waals surface area contributed by atoms with Gasteiger partial charge >= 0.3 is 0 Å². The summed E-state index contributed by atoms with van der Waals surface area (Å²) in [5.41, 5.74) is 1.84. The molecule has 0 aliphatic rings. The summed E-state index contributed by atoms with van der Waals surface area (Å²) in [7, 11) is 0. The van der Waals surface area contributed by atoms with Crippen LogP contribution in [0, 0.1) is 24.0 Å². The third kappa shape index (κ3) is 3.29. The molecule has 5 nitrogen and oxygen atoms in total. The van der Waals surface area contributed by atoms with Crippen LogP contribution in [-0.2, 0) is 4.79 Å². The third-order valence-corrected chi connectivity index (χ3v) is 2.96. The van der Waals surface area contributed by atoms with Crippen LogP contribution in [0.3, 0.4) is 0 Å². The van der Waals surface area contributed by atoms with Crippen LogP contribution in [0.2, 0.25) is 0 Å². The molecular weight excluding hydrogens is 300 g/mol. The first kappa shape index (κ1) is 14.6. The minimum Gasteiger partial charge on any atom is -0.319 e. The molecule has 1 aromatic carbocycles. The van der Waals surface area contributed by atoms with Gasteiger partial charge in [0.2, 0.25) is 5.91 Å². The van der Waals surface area contributed by atoms with Crippen LogP contribution in [0.5, 0.6) is 0 Å². The smallest absolute Gasteiger partial charge is 0.293 e. The van der Waals surface area contributed by atoms with Crippen molar-refractivity contribution in [3.05, 3.63) is 33.4 Å². The number of nitrogens with one attached hydrogen (secondary N) is 1. The molecule has 1 N–H and O–H groups in total. The molecule has 0 bridgehead atoms. The van der Waals surface area contributed by atoms with E-state index in [4.69, 9.17) is 0 Å². The molecule has 0 unspecified atom stereocenters. The SMILES string of the molecule is Cc1cc(NC(=O)C(C)(C)Br)c([N+](=O)[O-])cc1C. The Bertz CT molecular complexity index is 507. The minimum atomic E-state index is -0.778. The van der Waals surface area contributed by atoms with E-state index in [0.29, 0.717) is 0 Å². The lowest BCUT2D eigenvalue weighted by Crippen LogP contribution is -2.31. The van der Waals surface area contributed by atoms with Crippen molar-refractivity contribution in [3.8, 4) is 0 Å². The van der Waals surface area contributed by atoms with Crippen molar-refractivity contribution >= 4 is 33.2 Å². The molecule has 98 valence electrons. The summed E-state index contributed by atoms with van der Waals surface area (Å²) in [5.74, 6) is -0.325. The Balaban J connectivity index is 3.20. The molecule has 0 aromatic heterocycles. The molecule has 18 heavy (non-hydrogen) atoms. The second-order valence-corrected chi connectivity index (χ2v) is 6.62. The molecule has 0 aliphatic heterocycles. The van der Waals surface area contributed by atoms with Crippen molar-refractivity contribution < 1.29 is 9.72 Å². The summed E-state index contributed by atoms with van der Waals surface area (Å²) in [6, 6.07) is 3.08. The number of aryl methyl sites for hydroxylation is 2. The number of carbonyl (C=O) groups is 1.